The first kappa shape index (κ1) is 31.2. The third-order valence-electron chi connectivity index (χ3n) is 6.23. The average Bonchev–Trinajstić information content (AvgIpc) is 3.19. The van der Waals surface area contributed by atoms with Gasteiger partial charge < -0.3 is 15.0 Å². The topological polar surface area (TPSA) is 128 Å². The fraction of sp³-hybridized carbons (Fsp3) is 0.440. The van der Waals surface area contributed by atoms with Gasteiger partial charge in [-0.3, -0.25) is 4.90 Å². The summed E-state index contributed by atoms with van der Waals surface area (Å²) in [5.74, 6) is -0.00140. The van der Waals surface area contributed by atoms with E-state index in [-0.39, 0.29) is 18.9 Å². The van der Waals surface area contributed by atoms with Gasteiger partial charge in [0.05, 0.1) is 11.1 Å². The van der Waals surface area contributed by atoms with Crippen molar-refractivity contribution in [2.75, 3.05) is 31.5 Å². The van der Waals surface area contributed by atoms with E-state index in [1.165, 1.54) is 6.07 Å². The van der Waals surface area contributed by atoms with Gasteiger partial charge in [0.2, 0.25) is 0 Å². The van der Waals surface area contributed by atoms with Crippen LogP contribution in [0.25, 0.3) is 10.9 Å². The number of nitrogens with zero attached hydrogens (tertiary/aromatic N) is 2. The van der Waals surface area contributed by atoms with E-state index in [0.29, 0.717) is 24.5 Å². The molecular formula is C25H29Cl2F3N6O4S. The molecule has 1 amide bonds. The number of ether oxygens (including phenoxy) is 1. The third-order valence-corrected chi connectivity index (χ3v) is 7.75. The summed E-state index contributed by atoms with van der Waals surface area (Å²) in [6.45, 7) is 5.74. The summed E-state index contributed by atoms with van der Waals surface area (Å²) in [6.07, 6.45) is -5.21. The highest BCUT2D eigenvalue weighted by Gasteiger charge is 2.36. The quantitative estimate of drug-likeness (QED) is 0.265. The summed E-state index contributed by atoms with van der Waals surface area (Å²) in [5, 5.41) is 3.84. The number of nitrogens with one attached hydrogen (secondary N) is 4. The monoisotopic (exact) mass is 636 g/mol. The van der Waals surface area contributed by atoms with Crippen molar-refractivity contribution in [1.82, 2.24) is 24.3 Å². The second kappa shape index (κ2) is 11.8. The molecule has 10 nitrogen and oxygen atoms in total. The zero-order valence-electron chi connectivity index (χ0n) is 22.3. The van der Waals surface area contributed by atoms with Crippen molar-refractivity contribution in [3.05, 3.63) is 57.3 Å². The molecule has 1 atom stereocenters. The third kappa shape index (κ3) is 7.95. The molecule has 3 heterocycles. The second-order valence-electron chi connectivity index (χ2n) is 10.4. The summed E-state index contributed by atoms with van der Waals surface area (Å²) in [6, 6.07) is 7.37. The standard InChI is InChI=1S/C25H29Cl2F3N6O4S/c1-24(2,3)40-23(37)35-41(38,39)32-13-19-21-15(16-12-14(26)4-6-18(16)33-21)8-10-36(19)11-9-31-20-7-5-17(27)22(34-20)25(28,29)30/h4-7,12,19,32-33H,8-11,13H2,1-3H3,(H,31,34)(H,35,37). The van der Waals surface area contributed by atoms with Gasteiger partial charge in [0.15, 0.2) is 5.69 Å². The Balaban J connectivity index is 1.52. The first-order chi connectivity index (χ1) is 19.0. The van der Waals surface area contributed by atoms with E-state index in [2.05, 4.69) is 20.0 Å². The van der Waals surface area contributed by atoms with Gasteiger partial charge in [-0.25, -0.2) is 14.5 Å². The molecule has 0 bridgehead atoms. The molecule has 41 heavy (non-hydrogen) atoms. The van der Waals surface area contributed by atoms with Crippen molar-refractivity contribution in [1.29, 1.82) is 0 Å². The number of hydrogen-bond acceptors (Lipinski definition) is 7. The average molecular weight is 638 g/mol. The molecule has 0 radical (unpaired) electrons. The highest BCUT2D eigenvalue weighted by Crippen LogP contribution is 2.36. The minimum Gasteiger partial charge on any atom is -0.443 e. The van der Waals surface area contributed by atoms with Gasteiger partial charge >= 0.3 is 22.5 Å². The fourth-order valence-electron chi connectivity index (χ4n) is 4.59. The molecule has 2 aromatic heterocycles. The molecule has 1 aliphatic rings. The number of carbonyl (C=O) groups excluding carboxylic acids is 1. The Morgan fingerprint density at radius 2 is 1.93 bits per heavy atom. The van der Waals surface area contributed by atoms with Crippen molar-refractivity contribution in [3.63, 3.8) is 0 Å². The van der Waals surface area contributed by atoms with Gasteiger partial charge in [-0.15, -0.1) is 0 Å². The van der Waals surface area contributed by atoms with Crippen LogP contribution in [0.3, 0.4) is 0 Å². The van der Waals surface area contributed by atoms with E-state index in [1.54, 1.807) is 26.8 Å². The Kier molecular flexibility index (Phi) is 9.00. The first-order valence-electron chi connectivity index (χ1n) is 12.5. The molecule has 224 valence electrons. The predicted octanol–water partition coefficient (Wildman–Crippen LogP) is 5.26. The van der Waals surface area contributed by atoms with Crippen LogP contribution in [0, 0.1) is 0 Å². The lowest BCUT2D eigenvalue weighted by Crippen LogP contribution is -2.48. The highest BCUT2D eigenvalue weighted by molar-refractivity contribution is 7.88. The molecule has 0 saturated heterocycles. The van der Waals surface area contributed by atoms with E-state index in [1.807, 2.05) is 21.8 Å². The second-order valence-corrected chi connectivity index (χ2v) is 12.8. The van der Waals surface area contributed by atoms with Crippen molar-refractivity contribution in [3.8, 4) is 0 Å². The number of amides is 1. The minimum absolute atomic E-state index is 0.00140. The molecule has 4 rings (SSSR count). The molecule has 16 heteroatoms. The zero-order chi connectivity index (χ0) is 30.2. The summed E-state index contributed by atoms with van der Waals surface area (Å²) in [4.78, 5) is 21.0. The summed E-state index contributed by atoms with van der Waals surface area (Å²) in [5.41, 5.74) is 0.479. The maximum Gasteiger partial charge on any atom is 0.434 e. The van der Waals surface area contributed by atoms with Gasteiger partial charge in [0.25, 0.3) is 0 Å². The van der Waals surface area contributed by atoms with E-state index < -0.39 is 44.8 Å². The van der Waals surface area contributed by atoms with Gasteiger partial charge in [-0.05, 0) is 63.1 Å². The van der Waals surface area contributed by atoms with Crippen LogP contribution in [-0.2, 0) is 27.5 Å². The number of benzene rings is 1. The summed E-state index contributed by atoms with van der Waals surface area (Å²) >= 11 is 11.9. The number of aromatic nitrogens is 2. The Hall–Kier alpha value is -2.78. The molecule has 0 aliphatic carbocycles. The van der Waals surface area contributed by atoms with Crippen molar-refractivity contribution >= 4 is 56.2 Å². The van der Waals surface area contributed by atoms with E-state index >= 15 is 0 Å². The van der Waals surface area contributed by atoms with Crippen LogP contribution in [0.5, 0.6) is 0 Å². The molecule has 4 N–H and O–H groups in total. The number of pyridine rings is 1. The van der Waals surface area contributed by atoms with Gasteiger partial charge in [0, 0.05) is 47.8 Å². The lowest BCUT2D eigenvalue weighted by Gasteiger charge is -2.36. The smallest absolute Gasteiger partial charge is 0.434 e. The SMILES string of the molecule is CC(C)(C)OC(=O)NS(=O)(=O)NCC1c2[nH]c3ccc(Cl)cc3c2CCN1CCNc1ccc(Cl)c(C(F)(F)F)n1. The molecule has 1 aliphatic heterocycles. The maximum absolute atomic E-state index is 13.2. The van der Waals surface area contributed by atoms with E-state index in [4.69, 9.17) is 27.9 Å². The number of aromatic amines is 1. The molecular weight excluding hydrogens is 608 g/mol. The Labute approximate surface area is 245 Å². The fourth-order valence-corrected chi connectivity index (χ4v) is 5.68. The van der Waals surface area contributed by atoms with Crippen LogP contribution in [-0.4, -0.2) is 61.2 Å². The maximum atomic E-state index is 13.2. The number of carbonyl (C=O) groups is 1. The Morgan fingerprint density at radius 1 is 1.20 bits per heavy atom. The number of halogens is 5. The van der Waals surface area contributed by atoms with Crippen molar-refractivity contribution < 1.29 is 31.1 Å². The van der Waals surface area contributed by atoms with Crippen molar-refractivity contribution in [2.45, 2.75) is 45.0 Å². The number of hydrogen-bond donors (Lipinski definition) is 4. The number of fused-ring (bicyclic) bond motifs is 3. The van der Waals surface area contributed by atoms with Gasteiger partial charge in [-0.2, -0.15) is 26.3 Å². The zero-order valence-corrected chi connectivity index (χ0v) is 24.7. The summed E-state index contributed by atoms with van der Waals surface area (Å²) in [7, 11) is -4.28. The number of rotatable bonds is 8. The normalized spacial score (nSPS) is 16.4. The largest absolute Gasteiger partial charge is 0.443 e. The highest BCUT2D eigenvalue weighted by atomic mass is 35.5. The lowest BCUT2D eigenvalue weighted by molar-refractivity contribution is -0.141. The molecule has 1 unspecified atom stereocenters. The van der Waals surface area contributed by atoms with E-state index in [9.17, 15) is 26.4 Å². The van der Waals surface area contributed by atoms with Gasteiger partial charge in [0.1, 0.15) is 11.4 Å². The van der Waals surface area contributed by atoms with Gasteiger partial charge in [-0.1, -0.05) is 23.2 Å². The Morgan fingerprint density at radius 3 is 2.61 bits per heavy atom. The molecule has 3 aromatic rings. The predicted molar refractivity (Wildman–Crippen MR) is 150 cm³/mol. The van der Waals surface area contributed by atoms with E-state index in [0.717, 1.165) is 28.2 Å². The van der Waals surface area contributed by atoms with Crippen LogP contribution in [0.15, 0.2) is 30.3 Å². The number of H-pyrrole nitrogens is 1. The summed E-state index contributed by atoms with van der Waals surface area (Å²) < 4.78 is 74.2. The molecule has 0 saturated carbocycles. The van der Waals surface area contributed by atoms with Crippen LogP contribution in [0.4, 0.5) is 23.8 Å². The molecule has 0 fully saturated rings. The molecule has 0 spiro atoms. The number of anilines is 1. The van der Waals surface area contributed by atoms with Crippen LogP contribution >= 0.6 is 23.2 Å². The van der Waals surface area contributed by atoms with Crippen LogP contribution < -0.4 is 14.8 Å². The van der Waals surface area contributed by atoms with Crippen LogP contribution in [0.1, 0.15) is 43.8 Å². The first-order valence-corrected chi connectivity index (χ1v) is 14.8. The number of alkyl halides is 3. The minimum atomic E-state index is -4.70. The van der Waals surface area contributed by atoms with Crippen LogP contribution in [0.2, 0.25) is 10.0 Å². The van der Waals surface area contributed by atoms with Crippen molar-refractivity contribution in [2.24, 2.45) is 0 Å². The lowest BCUT2D eigenvalue weighted by atomic mass is 9.97. The molecule has 1 aromatic carbocycles. The Bertz CT molecular complexity index is 1540.